The lowest BCUT2D eigenvalue weighted by Gasteiger charge is -2.03. The van der Waals surface area contributed by atoms with Gasteiger partial charge < -0.3 is 4.57 Å². The van der Waals surface area contributed by atoms with Gasteiger partial charge in [0.1, 0.15) is 5.82 Å². The molecular formula is C10H9BrClN3O2S. The van der Waals surface area contributed by atoms with E-state index in [0.29, 0.717) is 12.4 Å². The molecule has 2 rings (SSSR count). The van der Waals surface area contributed by atoms with Crippen LogP contribution in [0.4, 0.5) is 0 Å². The Morgan fingerprint density at radius 1 is 1.44 bits per heavy atom. The molecule has 0 aliphatic rings. The number of imidazole rings is 1. The lowest BCUT2D eigenvalue weighted by atomic mass is 10.3. The molecule has 0 aliphatic heterocycles. The average molecular weight is 351 g/mol. The molecule has 0 amide bonds. The van der Waals surface area contributed by atoms with E-state index in [2.05, 4.69) is 25.9 Å². The highest BCUT2D eigenvalue weighted by molar-refractivity contribution is 9.10. The number of nitrogens with zero attached hydrogens (tertiary/aromatic N) is 3. The highest BCUT2D eigenvalue weighted by atomic mass is 79.9. The molecule has 2 aromatic rings. The number of aromatic nitrogens is 3. The van der Waals surface area contributed by atoms with E-state index in [4.69, 9.17) is 10.7 Å². The van der Waals surface area contributed by atoms with Crippen molar-refractivity contribution in [2.24, 2.45) is 0 Å². The molecule has 0 N–H and O–H groups in total. The second-order valence-electron chi connectivity index (χ2n) is 3.66. The minimum Gasteiger partial charge on any atom is -0.328 e. The van der Waals surface area contributed by atoms with Crippen molar-refractivity contribution in [1.82, 2.24) is 14.5 Å². The maximum atomic E-state index is 11.2. The van der Waals surface area contributed by atoms with Crippen molar-refractivity contribution in [3.63, 3.8) is 0 Å². The van der Waals surface area contributed by atoms with Gasteiger partial charge in [-0.1, -0.05) is 0 Å². The predicted molar refractivity (Wildman–Crippen MR) is 71.0 cm³/mol. The summed E-state index contributed by atoms with van der Waals surface area (Å²) in [5, 5.41) is -0.140. The van der Waals surface area contributed by atoms with Crippen LogP contribution in [0.5, 0.6) is 0 Å². The summed E-state index contributed by atoms with van der Waals surface area (Å²) in [6.07, 6.45) is 3.09. The van der Waals surface area contributed by atoms with Crippen LogP contribution in [-0.4, -0.2) is 23.0 Å². The monoisotopic (exact) mass is 349 g/mol. The number of hydrogen-bond donors (Lipinski definition) is 0. The standard InChI is InChI=1S/C10H9BrClN3O2S/c1-7-14-10(18(12,16)17)6-15(7)5-9-3-2-8(11)4-13-9/h2-4,6H,5H2,1H3. The maximum Gasteiger partial charge on any atom is 0.280 e. The average Bonchev–Trinajstić information content (AvgIpc) is 2.63. The highest BCUT2D eigenvalue weighted by Gasteiger charge is 2.16. The van der Waals surface area contributed by atoms with Gasteiger partial charge >= 0.3 is 0 Å². The minimum absolute atomic E-state index is 0.140. The highest BCUT2D eigenvalue weighted by Crippen LogP contribution is 2.15. The van der Waals surface area contributed by atoms with E-state index < -0.39 is 9.05 Å². The van der Waals surface area contributed by atoms with E-state index in [-0.39, 0.29) is 5.03 Å². The minimum atomic E-state index is -3.79. The van der Waals surface area contributed by atoms with Gasteiger partial charge in [-0.05, 0) is 35.0 Å². The Labute approximate surface area is 117 Å². The summed E-state index contributed by atoms with van der Waals surface area (Å²) < 4.78 is 24.9. The third-order valence-corrected chi connectivity index (χ3v) is 3.96. The lowest BCUT2D eigenvalue weighted by Crippen LogP contribution is -2.02. The van der Waals surface area contributed by atoms with Crippen LogP contribution in [0, 0.1) is 6.92 Å². The molecule has 2 aromatic heterocycles. The molecule has 0 radical (unpaired) electrons. The van der Waals surface area contributed by atoms with Gasteiger partial charge in [0.2, 0.25) is 0 Å². The first-order chi connectivity index (χ1) is 8.36. The first-order valence-corrected chi connectivity index (χ1v) is 8.05. The van der Waals surface area contributed by atoms with Crippen molar-refractivity contribution in [3.8, 4) is 0 Å². The van der Waals surface area contributed by atoms with Gasteiger partial charge in [-0.25, -0.2) is 13.4 Å². The van der Waals surface area contributed by atoms with Crippen LogP contribution in [0.3, 0.4) is 0 Å². The molecule has 8 heteroatoms. The van der Waals surface area contributed by atoms with E-state index in [1.807, 2.05) is 12.1 Å². The van der Waals surface area contributed by atoms with Gasteiger partial charge in [0.25, 0.3) is 9.05 Å². The lowest BCUT2D eigenvalue weighted by molar-refractivity contribution is 0.606. The van der Waals surface area contributed by atoms with Crippen molar-refractivity contribution in [2.75, 3.05) is 0 Å². The quantitative estimate of drug-likeness (QED) is 0.797. The molecule has 5 nitrogen and oxygen atoms in total. The molecule has 96 valence electrons. The number of halogens is 2. The second-order valence-corrected chi connectivity index (χ2v) is 7.09. The molecule has 0 bridgehead atoms. The first kappa shape index (κ1) is 13.5. The molecule has 18 heavy (non-hydrogen) atoms. The van der Waals surface area contributed by atoms with Gasteiger partial charge in [-0.2, -0.15) is 0 Å². The van der Waals surface area contributed by atoms with Crippen molar-refractivity contribution in [3.05, 3.63) is 40.5 Å². The summed E-state index contributed by atoms with van der Waals surface area (Å²) in [5.74, 6) is 0.568. The summed E-state index contributed by atoms with van der Waals surface area (Å²) in [6.45, 7) is 2.16. The van der Waals surface area contributed by atoms with Crippen molar-refractivity contribution in [1.29, 1.82) is 0 Å². The van der Waals surface area contributed by atoms with Gasteiger partial charge in [0.15, 0.2) is 5.03 Å². The fourth-order valence-electron chi connectivity index (χ4n) is 1.43. The number of rotatable bonds is 3. The second kappa shape index (κ2) is 4.99. The van der Waals surface area contributed by atoms with Crippen LogP contribution in [0.2, 0.25) is 0 Å². The number of aryl methyl sites for hydroxylation is 1. The fourth-order valence-corrected chi connectivity index (χ4v) is 2.38. The SMILES string of the molecule is Cc1nc(S(=O)(=O)Cl)cn1Cc1ccc(Br)cn1. The van der Waals surface area contributed by atoms with Gasteiger partial charge in [-0.15, -0.1) is 0 Å². The third-order valence-electron chi connectivity index (χ3n) is 2.32. The largest absolute Gasteiger partial charge is 0.328 e. The molecule has 0 saturated heterocycles. The molecular weight excluding hydrogens is 342 g/mol. The zero-order chi connectivity index (χ0) is 13.3. The zero-order valence-electron chi connectivity index (χ0n) is 9.34. The molecule has 0 aliphatic carbocycles. The molecule has 0 atom stereocenters. The van der Waals surface area contributed by atoms with Crippen LogP contribution < -0.4 is 0 Å². The van der Waals surface area contributed by atoms with Crippen LogP contribution >= 0.6 is 26.6 Å². The summed E-state index contributed by atoms with van der Waals surface area (Å²) >= 11 is 3.30. The first-order valence-electron chi connectivity index (χ1n) is 4.95. The van der Waals surface area contributed by atoms with Crippen molar-refractivity contribution < 1.29 is 8.42 Å². The van der Waals surface area contributed by atoms with E-state index in [1.165, 1.54) is 6.20 Å². The van der Waals surface area contributed by atoms with E-state index in [0.717, 1.165) is 10.2 Å². The topological polar surface area (TPSA) is 64.8 Å². The normalized spacial score (nSPS) is 11.7. The summed E-state index contributed by atoms with van der Waals surface area (Å²) in [6, 6.07) is 3.71. The zero-order valence-corrected chi connectivity index (χ0v) is 12.5. The smallest absolute Gasteiger partial charge is 0.280 e. The maximum absolute atomic E-state index is 11.2. The molecule has 0 aromatic carbocycles. The Bertz CT molecular complexity index is 667. The molecule has 0 saturated carbocycles. The fraction of sp³-hybridized carbons (Fsp3) is 0.200. The van der Waals surface area contributed by atoms with E-state index >= 15 is 0 Å². The molecule has 0 unspecified atom stereocenters. The number of hydrogen-bond acceptors (Lipinski definition) is 4. The summed E-state index contributed by atoms with van der Waals surface area (Å²) in [5.41, 5.74) is 0.803. The van der Waals surface area contributed by atoms with Crippen molar-refractivity contribution >= 4 is 35.7 Å². The predicted octanol–water partition coefficient (Wildman–Crippen LogP) is 2.32. The van der Waals surface area contributed by atoms with Crippen LogP contribution in [0.15, 0.2) is 34.0 Å². The Morgan fingerprint density at radius 2 is 2.17 bits per heavy atom. The van der Waals surface area contributed by atoms with Gasteiger partial charge in [0.05, 0.1) is 12.2 Å². The number of pyridine rings is 1. The summed E-state index contributed by atoms with van der Waals surface area (Å²) in [4.78, 5) is 8.11. The van der Waals surface area contributed by atoms with Crippen molar-refractivity contribution in [2.45, 2.75) is 18.5 Å². The molecule has 0 spiro atoms. The Morgan fingerprint density at radius 3 is 2.67 bits per heavy atom. The van der Waals surface area contributed by atoms with E-state index in [9.17, 15) is 8.42 Å². The Balaban J connectivity index is 2.30. The molecule has 2 heterocycles. The third kappa shape index (κ3) is 3.09. The van der Waals surface area contributed by atoms with Crippen LogP contribution in [0.25, 0.3) is 0 Å². The van der Waals surface area contributed by atoms with Crippen LogP contribution in [-0.2, 0) is 15.6 Å². The van der Waals surface area contributed by atoms with Gasteiger partial charge in [-0.3, -0.25) is 4.98 Å². The van der Waals surface area contributed by atoms with Gasteiger partial charge in [0, 0.05) is 27.5 Å². The van der Waals surface area contributed by atoms with Crippen LogP contribution in [0.1, 0.15) is 11.5 Å². The Hall–Kier alpha value is -0.920. The summed E-state index contributed by atoms with van der Waals surface area (Å²) in [7, 11) is 1.45. The van der Waals surface area contributed by atoms with E-state index in [1.54, 1.807) is 17.7 Å². The molecule has 0 fully saturated rings. The Kier molecular flexibility index (Phi) is 3.74.